The number of aryl methyl sites for hydroxylation is 1. The standard InChI is InChI=1S/C18H18BrNO4/c1-11-4-5-13(10-16(11)23-3)18(22)24-12(2)17(21)20-15-8-6-14(19)7-9-15/h4-10,12H,1-3H3,(H,20,21)/t12-/m0/s1. The van der Waals surface area contributed by atoms with Crippen molar-refractivity contribution in [3.8, 4) is 5.75 Å². The number of rotatable bonds is 5. The van der Waals surface area contributed by atoms with E-state index in [1.54, 1.807) is 30.3 Å². The van der Waals surface area contributed by atoms with Crippen molar-refractivity contribution in [1.82, 2.24) is 0 Å². The molecule has 126 valence electrons. The van der Waals surface area contributed by atoms with Crippen LogP contribution in [0.25, 0.3) is 0 Å². The molecule has 0 saturated heterocycles. The molecule has 0 radical (unpaired) electrons. The van der Waals surface area contributed by atoms with Gasteiger partial charge in [-0.1, -0.05) is 22.0 Å². The van der Waals surface area contributed by atoms with E-state index in [1.165, 1.54) is 14.0 Å². The molecule has 0 aromatic heterocycles. The van der Waals surface area contributed by atoms with Crippen LogP contribution < -0.4 is 10.1 Å². The number of methoxy groups -OCH3 is 1. The molecule has 0 saturated carbocycles. The molecular formula is C18H18BrNO4. The van der Waals surface area contributed by atoms with E-state index in [0.29, 0.717) is 17.0 Å². The summed E-state index contributed by atoms with van der Waals surface area (Å²) in [6.45, 7) is 3.40. The van der Waals surface area contributed by atoms with E-state index < -0.39 is 18.0 Å². The van der Waals surface area contributed by atoms with E-state index in [-0.39, 0.29) is 0 Å². The molecule has 0 spiro atoms. The Morgan fingerprint density at radius 1 is 1.12 bits per heavy atom. The molecule has 0 aliphatic heterocycles. The van der Waals surface area contributed by atoms with Gasteiger partial charge in [0.15, 0.2) is 6.10 Å². The number of amides is 1. The first-order chi connectivity index (χ1) is 11.4. The van der Waals surface area contributed by atoms with E-state index in [4.69, 9.17) is 9.47 Å². The molecule has 6 heteroatoms. The number of hydrogen-bond donors (Lipinski definition) is 1. The Balaban J connectivity index is 2.00. The van der Waals surface area contributed by atoms with Crippen molar-refractivity contribution in [2.75, 3.05) is 12.4 Å². The Morgan fingerprint density at radius 3 is 2.42 bits per heavy atom. The topological polar surface area (TPSA) is 64.6 Å². The van der Waals surface area contributed by atoms with Crippen LogP contribution in [-0.2, 0) is 9.53 Å². The molecule has 0 aliphatic carbocycles. The van der Waals surface area contributed by atoms with Gasteiger partial charge in [0.25, 0.3) is 5.91 Å². The third-order valence-electron chi connectivity index (χ3n) is 3.41. The lowest BCUT2D eigenvalue weighted by atomic mass is 10.1. The van der Waals surface area contributed by atoms with Crippen molar-refractivity contribution in [2.45, 2.75) is 20.0 Å². The minimum absolute atomic E-state index is 0.334. The minimum atomic E-state index is -0.923. The van der Waals surface area contributed by atoms with Crippen molar-refractivity contribution in [3.63, 3.8) is 0 Å². The normalized spacial score (nSPS) is 11.5. The molecule has 2 rings (SSSR count). The Labute approximate surface area is 149 Å². The predicted octanol–water partition coefficient (Wildman–Crippen LogP) is 3.95. The molecule has 1 N–H and O–H groups in total. The van der Waals surface area contributed by atoms with Gasteiger partial charge in [-0.15, -0.1) is 0 Å². The Kier molecular flexibility index (Phi) is 5.98. The largest absolute Gasteiger partial charge is 0.496 e. The molecule has 1 amide bonds. The monoisotopic (exact) mass is 391 g/mol. The van der Waals surface area contributed by atoms with Crippen LogP contribution in [0.15, 0.2) is 46.9 Å². The highest BCUT2D eigenvalue weighted by molar-refractivity contribution is 9.10. The molecule has 0 heterocycles. The van der Waals surface area contributed by atoms with Crippen LogP contribution in [0.4, 0.5) is 5.69 Å². The lowest BCUT2D eigenvalue weighted by molar-refractivity contribution is -0.123. The first-order valence-corrected chi connectivity index (χ1v) is 8.12. The summed E-state index contributed by atoms with van der Waals surface area (Å²) in [5.41, 5.74) is 1.87. The first kappa shape index (κ1) is 18.0. The summed E-state index contributed by atoms with van der Waals surface area (Å²) in [7, 11) is 1.53. The van der Waals surface area contributed by atoms with Gasteiger partial charge in [0.2, 0.25) is 0 Å². The second-order valence-electron chi connectivity index (χ2n) is 5.23. The van der Waals surface area contributed by atoms with Gasteiger partial charge < -0.3 is 14.8 Å². The zero-order chi connectivity index (χ0) is 17.7. The van der Waals surface area contributed by atoms with Crippen LogP contribution in [0.2, 0.25) is 0 Å². The summed E-state index contributed by atoms with van der Waals surface area (Å²) in [5.74, 6) is -0.382. The lowest BCUT2D eigenvalue weighted by Crippen LogP contribution is -2.30. The molecule has 24 heavy (non-hydrogen) atoms. The van der Waals surface area contributed by atoms with E-state index in [1.807, 2.05) is 19.1 Å². The van der Waals surface area contributed by atoms with Crippen LogP contribution in [0.3, 0.4) is 0 Å². The van der Waals surface area contributed by atoms with Crippen molar-refractivity contribution < 1.29 is 19.1 Å². The summed E-state index contributed by atoms with van der Waals surface area (Å²) in [6, 6.07) is 12.1. The molecule has 0 bridgehead atoms. The van der Waals surface area contributed by atoms with E-state index in [0.717, 1.165) is 10.0 Å². The van der Waals surface area contributed by atoms with E-state index in [9.17, 15) is 9.59 Å². The van der Waals surface area contributed by atoms with Gasteiger partial charge in [-0.25, -0.2) is 4.79 Å². The molecule has 2 aromatic carbocycles. The molecule has 1 atom stereocenters. The summed E-state index contributed by atoms with van der Waals surface area (Å²) in [6.07, 6.45) is -0.923. The average molecular weight is 392 g/mol. The third kappa shape index (κ3) is 4.58. The number of ether oxygens (including phenoxy) is 2. The van der Waals surface area contributed by atoms with Crippen LogP contribution in [0.5, 0.6) is 5.75 Å². The molecule has 0 fully saturated rings. The second-order valence-corrected chi connectivity index (χ2v) is 6.14. The third-order valence-corrected chi connectivity index (χ3v) is 3.94. The number of anilines is 1. The van der Waals surface area contributed by atoms with Crippen LogP contribution >= 0.6 is 15.9 Å². The first-order valence-electron chi connectivity index (χ1n) is 7.32. The summed E-state index contributed by atoms with van der Waals surface area (Å²) < 4.78 is 11.3. The predicted molar refractivity (Wildman–Crippen MR) is 95.4 cm³/mol. The van der Waals surface area contributed by atoms with Crippen molar-refractivity contribution in [3.05, 3.63) is 58.1 Å². The van der Waals surface area contributed by atoms with Crippen molar-refractivity contribution in [1.29, 1.82) is 0 Å². The quantitative estimate of drug-likeness (QED) is 0.783. The van der Waals surface area contributed by atoms with Gasteiger partial charge in [0.1, 0.15) is 5.75 Å². The number of esters is 1. The van der Waals surface area contributed by atoms with E-state index in [2.05, 4.69) is 21.2 Å². The highest BCUT2D eigenvalue weighted by Crippen LogP contribution is 2.20. The summed E-state index contributed by atoms with van der Waals surface area (Å²) in [4.78, 5) is 24.3. The fraction of sp³-hybridized carbons (Fsp3) is 0.222. The van der Waals surface area contributed by atoms with E-state index >= 15 is 0 Å². The Morgan fingerprint density at radius 2 is 1.79 bits per heavy atom. The highest BCUT2D eigenvalue weighted by Gasteiger charge is 2.19. The maximum absolute atomic E-state index is 12.2. The van der Waals surface area contributed by atoms with Gasteiger partial charge >= 0.3 is 5.97 Å². The fourth-order valence-corrected chi connectivity index (χ4v) is 2.27. The van der Waals surface area contributed by atoms with Gasteiger partial charge in [-0.3, -0.25) is 4.79 Å². The van der Waals surface area contributed by atoms with Gasteiger partial charge in [0.05, 0.1) is 12.7 Å². The van der Waals surface area contributed by atoms with Crippen LogP contribution in [-0.4, -0.2) is 25.1 Å². The number of nitrogens with one attached hydrogen (secondary N) is 1. The maximum atomic E-state index is 12.2. The number of carbonyl (C=O) groups excluding carboxylic acids is 2. The van der Waals surface area contributed by atoms with Crippen molar-refractivity contribution >= 4 is 33.5 Å². The Bertz CT molecular complexity index is 743. The highest BCUT2D eigenvalue weighted by atomic mass is 79.9. The number of hydrogen-bond acceptors (Lipinski definition) is 4. The fourth-order valence-electron chi connectivity index (χ4n) is 2.01. The minimum Gasteiger partial charge on any atom is -0.496 e. The lowest BCUT2D eigenvalue weighted by Gasteiger charge is -2.14. The molecule has 0 aliphatic rings. The number of benzene rings is 2. The maximum Gasteiger partial charge on any atom is 0.339 e. The smallest absolute Gasteiger partial charge is 0.339 e. The summed E-state index contributed by atoms with van der Waals surface area (Å²) >= 11 is 3.32. The van der Waals surface area contributed by atoms with Crippen molar-refractivity contribution in [2.24, 2.45) is 0 Å². The number of carbonyl (C=O) groups is 2. The van der Waals surface area contributed by atoms with Crippen LogP contribution in [0.1, 0.15) is 22.8 Å². The van der Waals surface area contributed by atoms with Gasteiger partial charge in [-0.05, 0) is 55.8 Å². The van der Waals surface area contributed by atoms with Gasteiger partial charge in [0, 0.05) is 10.2 Å². The molecule has 0 unspecified atom stereocenters. The Hall–Kier alpha value is -2.34. The molecule has 2 aromatic rings. The van der Waals surface area contributed by atoms with Gasteiger partial charge in [-0.2, -0.15) is 0 Å². The zero-order valence-electron chi connectivity index (χ0n) is 13.6. The average Bonchev–Trinajstić information content (AvgIpc) is 2.57. The summed E-state index contributed by atoms with van der Waals surface area (Å²) in [5, 5.41) is 2.70. The van der Waals surface area contributed by atoms with Crippen LogP contribution in [0, 0.1) is 6.92 Å². The molecular weight excluding hydrogens is 374 g/mol. The second kappa shape index (κ2) is 7.97. The SMILES string of the molecule is COc1cc(C(=O)O[C@@H](C)C(=O)Nc2ccc(Br)cc2)ccc1C. The zero-order valence-corrected chi connectivity index (χ0v) is 15.2. The molecule has 5 nitrogen and oxygen atoms in total. The number of halogens is 1.